The second-order valence-corrected chi connectivity index (χ2v) is 6.08. The highest BCUT2D eigenvalue weighted by molar-refractivity contribution is 6.20. The molecule has 0 bridgehead atoms. The zero-order valence-corrected chi connectivity index (χ0v) is 13.9. The number of halogens is 2. The second kappa shape index (κ2) is 6.75. The average Bonchev–Trinajstić information content (AvgIpc) is 2.83. The first-order chi connectivity index (χ1) is 9.97. The van der Waals surface area contributed by atoms with Crippen molar-refractivity contribution < 1.29 is 4.39 Å². The minimum atomic E-state index is -0.266. The molecule has 1 heterocycles. The van der Waals surface area contributed by atoms with Crippen molar-refractivity contribution in [2.75, 3.05) is 19.6 Å². The minimum Gasteiger partial charge on any atom is -0.323 e. The van der Waals surface area contributed by atoms with Crippen LogP contribution in [-0.4, -0.2) is 34.1 Å². The summed E-state index contributed by atoms with van der Waals surface area (Å²) >= 11 is 6.28. The topological polar surface area (TPSA) is 21.1 Å². The molecule has 0 fully saturated rings. The lowest BCUT2D eigenvalue weighted by atomic mass is 10.2. The van der Waals surface area contributed by atoms with Crippen LogP contribution in [0.15, 0.2) is 18.2 Å². The van der Waals surface area contributed by atoms with Gasteiger partial charge in [0.1, 0.15) is 11.6 Å². The highest BCUT2D eigenvalue weighted by atomic mass is 35.5. The van der Waals surface area contributed by atoms with Crippen molar-refractivity contribution in [3.8, 4) is 0 Å². The van der Waals surface area contributed by atoms with Gasteiger partial charge in [0.2, 0.25) is 0 Å². The first-order valence-corrected chi connectivity index (χ1v) is 7.95. The van der Waals surface area contributed by atoms with E-state index in [0.29, 0.717) is 5.52 Å². The third-order valence-electron chi connectivity index (χ3n) is 3.89. The van der Waals surface area contributed by atoms with E-state index in [0.717, 1.165) is 31.0 Å². The predicted molar refractivity (Wildman–Crippen MR) is 86.5 cm³/mol. The molecule has 0 N–H and O–H groups in total. The van der Waals surface area contributed by atoms with Crippen LogP contribution in [0.2, 0.25) is 0 Å². The number of benzene rings is 1. The zero-order chi connectivity index (χ0) is 15.6. The Morgan fingerprint density at radius 3 is 2.52 bits per heavy atom. The Kier molecular flexibility index (Phi) is 5.22. The number of alkyl halides is 1. The zero-order valence-electron chi connectivity index (χ0n) is 13.1. The molecule has 0 aliphatic heterocycles. The summed E-state index contributed by atoms with van der Waals surface area (Å²) in [4.78, 5) is 6.89. The summed E-state index contributed by atoms with van der Waals surface area (Å²) in [6, 6.07) is 4.97. The summed E-state index contributed by atoms with van der Waals surface area (Å²) < 4.78 is 15.6. The molecule has 0 radical (unpaired) electrons. The Labute approximate surface area is 130 Å². The maximum Gasteiger partial charge on any atom is 0.128 e. The summed E-state index contributed by atoms with van der Waals surface area (Å²) in [7, 11) is 0. The predicted octanol–water partition coefficient (Wildman–Crippen LogP) is 4.38. The van der Waals surface area contributed by atoms with E-state index in [9.17, 15) is 4.39 Å². The summed E-state index contributed by atoms with van der Waals surface area (Å²) in [5.41, 5.74) is 1.61. The van der Waals surface area contributed by atoms with Crippen LogP contribution in [0.4, 0.5) is 4.39 Å². The van der Waals surface area contributed by atoms with Gasteiger partial charge in [0.15, 0.2) is 0 Å². The first kappa shape index (κ1) is 16.2. The van der Waals surface area contributed by atoms with Crippen molar-refractivity contribution in [3.63, 3.8) is 0 Å². The maximum absolute atomic E-state index is 13.4. The van der Waals surface area contributed by atoms with Crippen molar-refractivity contribution in [2.24, 2.45) is 0 Å². The molecule has 0 saturated heterocycles. The SMILES string of the molecule is CCN(CC)CC(C)n1c(C(C)Cl)nc2cc(F)ccc21. The molecule has 2 atom stereocenters. The molecule has 2 rings (SSSR count). The third kappa shape index (κ3) is 3.38. The third-order valence-corrected chi connectivity index (χ3v) is 4.09. The van der Waals surface area contributed by atoms with E-state index >= 15 is 0 Å². The Bertz CT molecular complexity index is 605. The van der Waals surface area contributed by atoms with Crippen LogP contribution in [0.5, 0.6) is 0 Å². The van der Waals surface area contributed by atoms with Crippen LogP contribution in [0.3, 0.4) is 0 Å². The lowest BCUT2D eigenvalue weighted by molar-refractivity contribution is 0.261. The van der Waals surface area contributed by atoms with Crippen molar-refractivity contribution in [1.29, 1.82) is 0 Å². The average molecular weight is 312 g/mol. The lowest BCUT2D eigenvalue weighted by Gasteiger charge is -2.25. The van der Waals surface area contributed by atoms with Crippen LogP contribution in [0.1, 0.15) is 44.9 Å². The van der Waals surface area contributed by atoms with Gasteiger partial charge in [-0.1, -0.05) is 13.8 Å². The molecule has 0 saturated carbocycles. The van der Waals surface area contributed by atoms with Gasteiger partial charge in [-0.25, -0.2) is 9.37 Å². The van der Waals surface area contributed by atoms with Gasteiger partial charge in [-0.2, -0.15) is 0 Å². The van der Waals surface area contributed by atoms with E-state index in [4.69, 9.17) is 11.6 Å². The van der Waals surface area contributed by atoms with Crippen molar-refractivity contribution >= 4 is 22.6 Å². The molecule has 1 aromatic carbocycles. The van der Waals surface area contributed by atoms with E-state index in [2.05, 4.69) is 35.2 Å². The molecule has 0 aliphatic rings. The van der Waals surface area contributed by atoms with Gasteiger partial charge in [-0.05, 0) is 39.1 Å². The van der Waals surface area contributed by atoms with Crippen LogP contribution in [0, 0.1) is 5.82 Å². The van der Waals surface area contributed by atoms with Crippen LogP contribution >= 0.6 is 11.6 Å². The van der Waals surface area contributed by atoms with Crippen molar-refractivity contribution in [2.45, 2.75) is 39.1 Å². The highest BCUT2D eigenvalue weighted by Crippen LogP contribution is 2.28. The van der Waals surface area contributed by atoms with E-state index < -0.39 is 0 Å². The Morgan fingerprint density at radius 1 is 1.29 bits per heavy atom. The van der Waals surface area contributed by atoms with E-state index in [1.165, 1.54) is 12.1 Å². The van der Waals surface area contributed by atoms with Gasteiger partial charge in [-0.15, -0.1) is 11.6 Å². The van der Waals surface area contributed by atoms with Gasteiger partial charge in [0.25, 0.3) is 0 Å². The maximum atomic E-state index is 13.4. The van der Waals surface area contributed by atoms with Gasteiger partial charge in [0, 0.05) is 18.7 Å². The summed E-state index contributed by atoms with van der Waals surface area (Å²) in [6.45, 7) is 11.3. The Morgan fingerprint density at radius 2 is 1.95 bits per heavy atom. The summed E-state index contributed by atoms with van der Waals surface area (Å²) in [6.07, 6.45) is 0. The summed E-state index contributed by atoms with van der Waals surface area (Å²) in [5, 5.41) is -0.209. The molecule has 0 spiro atoms. The van der Waals surface area contributed by atoms with E-state index in [-0.39, 0.29) is 17.2 Å². The Balaban J connectivity index is 2.47. The number of rotatable bonds is 6. The number of imidazole rings is 1. The fourth-order valence-corrected chi connectivity index (χ4v) is 2.93. The number of fused-ring (bicyclic) bond motifs is 1. The number of aromatic nitrogens is 2. The van der Waals surface area contributed by atoms with Crippen LogP contribution in [0.25, 0.3) is 11.0 Å². The molecule has 116 valence electrons. The highest BCUT2D eigenvalue weighted by Gasteiger charge is 2.20. The summed E-state index contributed by atoms with van der Waals surface area (Å²) in [5.74, 6) is 0.536. The molecule has 2 unspecified atom stereocenters. The van der Waals surface area contributed by atoms with Crippen LogP contribution in [-0.2, 0) is 0 Å². The standard InChI is InChI=1S/C16H23ClFN3/c1-5-20(6-2)10-11(3)21-15-8-7-13(18)9-14(15)19-16(21)12(4)17/h7-9,11-12H,5-6,10H2,1-4H3. The quantitative estimate of drug-likeness (QED) is 0.738. The molecule has 1 aromatic heterocycles. The molecular weight excluding hydrogens is 289 g/mol. The van der Waals surface area contributed by atoms with Crippen molar-refractivity contribution in [3.05, 3.63) is 29.8 Å². The second-order valence-electron chi connectivity index (χ2n) is 5.42. The first-order valence-electron chi connectivity index (χ1n) is 7.51. The van der Waals surface area contributed by atoms with Gasteiger partial charge < -0.3 is 9.47 Å². The number of hydrogen-bond acceptors (Lipinski definition) is 2. The number of hydrogen-bond donors (Lipinski definition) is 0. The molecule has 21 heavy (non-hydrogen) atoms. The molecule has 0 aliphatic carbocycles. The molecule has 5 heteroatoms. The lowest BCUT2D eigenvalue weighted by Crippen LogP contribution is -2.30. The largest absolute Gasteiger partial charge is 0.323 e. The molecule has 2 aromatic rings. The normalized spacial score (nSPS) is 14.8. The van der Waals surface area contributed by atoms with Gasteiger partial charge in [-0.3, -0.25) is 0 Å². The Hall–Kier alpha value is -1.13. The van der Waals surface area contributed by atoms with Crippen molar-refractivity contribution in [1.82, 2.24) is 14.5 Å². The van der Waals surface area contributed by atoms with Gasteiger partial charge >= 0.3 is 0 Å². The fourth-order valence-electron chi connectivity index (χ4n) is 2.77. The molecular formula is C16H23ClFN3. The fraction of sp³-hybridized carbons (Fsp3) is 0.562. The number of nitrogens with zero attached hydrogens (tertiary/aromatic N) is 3. The van der Waals surface area contributed by atoms with E-state index in [1.54, 1.807) is 6.07 Å². The van der Waals surface area contributed by atoms with Gasteiger partial charge in [0.05, 0.1) is 16.4 Å². The van der Waals surface area contributed by atoms with Crippen LogP contribution < -0.4 is 0 Å². The molecule has 0 amide bonds. The monoisotopic (exact) mass is 311 g/mol. The number of likely N-dealkylation sites (N-methyl/N-ethyl adjacent to an activating group) is 1. The molecule has 3 nitrogen and oxygen atoms in total. The van der Waals surface area contributed by atoms with E-state index in [1.807, 2.05) is 6.92 Å². The minimum absolute atomic E-state index is 0.209. The smallest absolute Gasteiger partial charge is 0.128 e.